The number of alkyl halides is 1. The molecule has 0 radical (unpaired) electrons. The standard InChI is InChI=1S/C19H27Cl/c1-4-15-9-6-11-17(15)19(3,13-8-14-20)18-12-7-10-16(18)5-2/h6-7,9-12,17-18H,4-5,8,13-14H2,1-3H3. The molecule has 2 rings (SSSR count). The van der Waals surface area contributed by atoms with Gasteiger partial charge >= 0.3 is 0 Å². The third-order valence-corrected chi connectivity index (χ3v) is 5.38. The summed E-state index contributed by atoms with van der Waals surface area (Å²) in [7, 11) is 0. The Morgan fingerprint density at radius 2 is 1.50 bits per heavy atom. The molecule has 2 aliphatic carbocycles. The van der Waals surface area contributed by atoms with Crippen LogP contribution in [0.1, 0.15) is 46.5 Å². The fourth-order valence-electron chi connectivity index (χ4n) is 3.95. The van der Waals surface area contributed by atoms with Crippen molar-refractivity contribution in [2.24, 2.45) is 17.3 Å². The van der Waals surface area contributed by atoms with Gasteiger partial charge in [-0.25, -0.2) is 0 Å². The minimum atomic E-state index is 0.262. The van der Waals surface area contributed by atoms with Crippen molar-refractivity contribution >= 4 is 11.6 Å². The van der Waals surface area contributed by atoms with E-state index in [1.807, 2.05) is 0 Å². The summed E-state index contributed by atoms with van der Waals surface area (Å²) in [6, 6.07) is 0. The molecule has 0 aromatic heterocycles. The Morgan fingerprint density at radius 3 is 1.90 bits per heavy atom. The number of halogens is 1. The third kappa shape index (κ3) is 2.81. The van der Waals surface area contributed by atoms with E-state index in [2.05, 4.69) is 57.2 Å². The highest BCUT2D eigenvalue weighted by Gasteiger charge is 2.42. The van der Waals surface area contributed by atoms with Crippen LogP contribution in [-0.2, 0) is 0 Å². The smallest absolute Gasteiger partial charge is 0.0223 e. The molecule has 0 aromatic rings. The first-order valence-electron chi connectivity index (χ1n) is 7.97. The van der Waals surface area contributed by atoms with Crippen molar-refractivity contribution in [2.75, 3.05) is 5.88 Å². The molecule has 0 heterocycles. The second kappa shape index (κ2) is 6.80. The predicted octanol–water partition coefficient (Wildman–Crippen LogP) is 6.06. The highest BCUT2D eigenvalue weighted by molar-refractivity contribution is 6.17. The van der Waals surface area contributed by atoms with Gasteiger partial charge in [0.25, 0.3) is 0 Å². The van der Waals surface area contributed by atoms with Crippen molar-refractivity contribution < 1.29 is 0 Å². The van der Waals surface area contributed by atoms with E-state index in [-0.39, 0.29) is 5.41 Å². The number of hydrogen-bond donors (Lipinski definition) is 0. The lowest BCUT2D eigenvalue weighted by Crippen LogP contribution is -2.35. The lowest BCUT2D eigenvalue weighted by atomic mass is 9.62. The van der Waals surface area contributed by atoms with Crippen molar-refractivity contribution in [1.29, 1.82) is 0 Å². The average molecular weight is 291 g/mol. The van der Waals surface area contributed by atoms with E-state index in [1.165, 1.54) is 6.42 Å². The zero-order valence-corrected chi connectivity index (χ0v) is 13.8. The third-order valence-electron chi connectivity index (χ3n) is 5.11. The summed E-state index contributed by atoms with van der Waals surface area (Å²) in [5, 5.41) is 0. The molecule has 0 saturated heterocycles. The summed E-state index contributed by atoms with van der Waals surface area (Å²) >= 11 is 6.00. The molecule has 0 amide bonds. The molecule has 20 heavy (non-hydrogen) atoms. The van der Waals surface area contributed by atoms with Crippen molar-refractivity contribution in [3.8, 4) is 0 Å². The molecule has 1 heteroatoms. The Bertz CT molecular complexity index is 414. The Morgan fingerprint density at radius 1 is 1.00 bits per heavy atom. The van der Waals surface area contributed by atoms with Crippen molar-refractivity contribution in [1.82, 2.24) is 0 Å². The molecule has 0 fully saturated rings. The van der Waals surface area contributed by atoms with Crippen LogP contribution in [0.2, 0.25) is 0 Å². The van der Waals surface area contributed by atoms with Gasteiger partial charge in [0, 0.05) is 17.7 Å². The second-order valence-electron chi connectivity index (χ2n) is 6.21. The van der Waals surface area contributed by atoms with Gasteiger partial charge in [-0.1, -0.05) is 68.4 Å². The minimum Gasteiger partial charge on any atom is -0.127 e. The maximum Gasteiger partial charge on any atom is 0.0223 e. The molecular formula is C19H27Cl. The Labute approximate surface area is 129 Å². The highest BCUT2D eigenvalue weighted by Crippen LogP contribution is 2.51. The zero-order chi connectivity index (χ0) is 14.6. The van der Waals surface area contributed by atoms with Crippen LogP contribution >= 0.6 is 11.6 Å². The topological polar surface area (TPSA) is 0 Å². The van der Waals surface area contributed by atoms with Gasteiger partial charge in [0.2, 0.25) is 0 Å². The normalized spacial score (nSPS) is 27.6. The van der Waals surface area contributed by atoms with Gasteiger partial charge < -0.3 is 0 Å². The Hall–Kier alpha value is -0.750. The Balaban J connectivity index is 2.31. The van der Waals surface area contributed by atoms with Crippen LogP contribution in [0, 0.1) is 17.3 Å². The summed E-state index contributed by atoms with van der Waals surface area (Å²) in [5.74, 6) is 1.90. The van der Waals surface area contributed by atoms with Gasteiger partial charge in [-0.15, -0.1) is 11.6 Å². The van der Waals surface area contributed by atoms with E-state index < -0.39 is 0 Å². The van der Waals surface area contributed by atoms with Crippen LogP contribution in [0.3, 0.4) is 0 Å². The van der Waals surface area contributed by atoms with E-state index in [0.29, 0.717) is 11.8 Å². The summed E-state index contributed by atoms with van der Waals surface area (Å²) < 4.78 is 0. The molecule has 110 valence electrons. The molecule has 2 unspecified atom stereocenters. The first-order valence-corrected chi connectivity index (χ1v) is 8.51. The molecule has 0 nitrogen and oxygen atoms in total. The number of rotatable bonds is 7. The zero-order valence-electron chi connectivity index (χ0n) is 13.0. The van der Waals surface area contributed by atoms with Gasteiger partial charge in [0.15, 0.2) is 0 Å². The molecule has 0 aromatic carbocycles. The molecule has 2 aliphatic rings. The van der Waals surface area contributed by atoms with E-state index >= 15 is 0 Å². The molecule has 0 aliphatic heterocycles. The number of allylic oxidation sites excluding steroid dienone is 8. The fourth-order valence-corrected chi connectivity index (χ4v) is 4.08. The molecule has 2 atom stereocenters. The minimum absolute atomic E-state index is 0.262. The lowest BCUT2D eigenvalue weighted by Gasteiger charge is -2.42. The molecule has 0 spiro atoms. The predicted molar refractivity (Wildman–Crippen MR) is 90.1 cm³/mol. The summed E-state index contributed by atoms with van der Waals surface area (Å²) in [6.07, 6.45) is 18.5. The molecular weight excluding hydrogens is 264 g/mol. The van der Waals surface area contributed by atoms with Crippen molar-refractivity contribution in [3.63, 3.8) is 0 Å². The second-order valence-corrected chi connectivity index (χ2v) is 6.59. The van der Waals surface area contributed by atoms with Crippen LogP contribution in [0.15, 0.2) is 47.6 Å². The van der Waals surface area contributed by atoms with E-state index in [0.717, 1.165) is 25.1 Å². The first-order chi connectivity index (χ1) is 9.67. The van der Waals surface area contributed by atoms with Gasteiger partial charge in [0.05, 0.1) is 0 Å². The van der Waals surface area contributed by atoms with E-state index in [4.69, 9.17) is 11.6 Å². The van der Waals surface area contributed by atoms with Crippen molar-refractivity contribution in [3.05, 3.63) is 47.6 Å². The molecule has 0 bridgehead atoms. The molecule has 0 saturated carbocycles. The van der Waals surface area contributed by atoms with Crippen LogP contribution in [0.4, 0.5) is 0 Å². The van der Waals surface area contributed by atoms with Crippen LogP contribution in [0.25, 0.3) is 0 Å². The highest BCUT2D eigenvalue weighted by atomic mass is 35.5. The largest absolute Gasteiger partial charge is 0.127 e. The van der Waals surface area contributed by atoms with Crippen LogP contribution in [0.5, 0.6) is 0 Å². The SMILES string of the molecule is CCC1=CC=CC1C(C)(CCCCl)C1C=CC=C1CC. The van der Waals surface area contributed by atoms with Gasteiger partial charge in [-0.05, 0) is 31.1 Å². The lowest BCUT2D eigenvalue weighted by molar-refractivity contribution is 0.179. The van der Waals surface area contributed by atoms with E-state index in [9.17, 15) is 0 Å². The van der Waals surface area contributed by atoms with Crippen LogP contribution < -0.4 is 0 Å². The Kier molecular flexibility index (Phi) is 5.32. The first kappa shape index (κ1) is 15.6. The fraction of sp³-hybridized carbons (Fsp3) is 0.579. The maximum absolute atomic E-state index is 6.00. The van der Waals surface area contributed by atoms with Crippen molar-refractivity contribution in [2.45, 2.75) is 46.5 Å². The maximum atomic E-state index is 6.00. The van der Waals surface area contributed by atoms with Gasteiger partial charge in [0.1, 0.15) is 0 Å². The van der Waals surface area contributed by atoms with Crippen LogP contribution in [-0.4, -0.2) is 5.88 Å². The average Bonchev–Trinajstić information content (AvgIpc) is 3.12. The monoisotopic (exact) mass is 290 g/mol. The van der Waals surface area contributed by atoms with Gasteiger partial charge in [-0.2, -0.15) is 0 Å². The summed E-state index contributed by atoms with van der Waals surface area (Å²) in [6.45, 7) is 7.01. The summed E-state index contributed by atoms with van der Waals surface area (Å²) in [5.41, 5.74) is 3.43. The summed E-state index contributed by atoms with van der Waals surface area (Å²) in [4.78, 5) is 0. The van der Waals surface area contributed by atoms with Gasteiger partial charge in [-0.3, -0.25) is 0 Å². The molecule has 0 N–H and O–H groups in total. The van der Waals surface area contributed by atoms with E-state index in [1.54, 1.807) is 11.1 Å². The number of hydrogen-bond acceptors (Lipinski definition) is 0. The quantitative estimate of drug-likeness (QED) is 0.500.